The maximum Gasteiger partial charge on any atom is 0.278 e. The topological polar surface area (TPSA) is 55.5 Å². The van der Waals surface area contributed by atoms with Crippen molar-refractivity contribution in [3.05, 3.63) is 53.7 Å². The molecule has 0 radical (unpaired) electrons. The number of nitrogens with zero attached hydrogens (tertiary/aromatic N) is 2. The van der Waals surface area contributed by atoms with E-state index in [2.05, 4.69) is 9.98 Å². The summed E-state index contributed by atoms with van der Waals surface area (Å²) in [4.78, 5) is 19.4. The molecule has 2 heterocycles. The van der Waals surface area contributed by atoms with Crippen LogP contribution in [0.3, 0.4) is 0 Å². The van der Waals surface area contributed by atoms with E-state index in [9.17, 15) is 4.79 Å². The lowest BCUT2D eigenvalue weighted by Gasteiger charge is -1.96. The molecule has 0 fully saturated rings. The third kappa shape index (κ3) is 1.11. The average Bonchev–Trinajstić information content (AvgIpc) is 2.87. The zero-order valence-electron chi connectivity index (χ0n) is 7.68. The summed E-state index contributed by atoms with van der Waals surface area (Å²) < 4.78 is 5.13. The van der Waals surface area contributed by atoms with Crippen molar-refractivity contribution in [2.45, 2.75) is 0 Å². The quantitative estimate of drug-likeness (QED) is 0.700. The number of carbonyl (C=O) groups is 1. The van der Waals surface area contributed by atoms with Crippen LogP contribution in [0.5, 0.6) is 0 Å². The Kier molecular flexibility index (Phi) is 1.56. The van der Waals surface area contributed by atoms with Crippen LogP contribution in [-0.4, -0.2) is 16.6 Å². The molecule has 1 aromatic heterocycles. The van der Waals surface area contributed by atoms with Gasteiger partial charge in [0, 0.05) is 5.56 Å². The third-order valence-electron chi connectivity index (χ3n) is 2.26. The van der Waals surface area contributed by atoms with Gasteiger partial charge in [-0.2, -0.15) is 0 Å². The largest absolute Gasteiger partial charge is 0.443 e. The highest BCUT2D eigenvalue weighted by Gasteiger charge is 2.25. The maximum atomic E-state index is 11.5. The fourth-order valence-electron chi connectivity index (χ4n) is 1.60. The van der Waals surface area contributed by atoms with E-state index in [0.29, 0.717) is 17.2 Å². The summed E-state index contributed by atoms with van der Waals surface area (Å²) in [6.07, 6.45) is 2.99. The minimum atomic E-state index is -0.237. The van der Waals surface area contributed by atoms with Crippen molar-refractivity contribution in [3.63, 3.8) is 0 Å². The number of aromatic nitrogens is 1. The van der Waals surface area contributed by atoms with E-state index in [1.54, 1.807) is 6.07 Å². The molecule has 0 N–H and O–H groups in total. The molecule has 0 unspecified atom stereocenters. The number of fused-ring (bicyclic) bond motifs is 1. The van der Waals surface area contributed by atoms with E-state index in [0.717, 1.165) is 5.56 Å². The Balaban J connectivity index is 2.22. The van der Waals surface area contributed by atoms with E-state index in [1.165, 1.54) is 12.5 Å². The lowest BCUT2D eigenvalue weighted by Crippen LogP contribution is -2.00. The van der Waals surface area contributed by atoms with Gasteiger partial charge in [-0.3, -0.25) is 4.79 Å². The second kappa shape index (κ2) is 2.88. The minimum absolute atomic E-state index is 0.237. The van der Waals surface area contributed by atoms with Crippen LogP contribution < -0.4 is 0 Å². The first-order chi connectivity index (χ1) is 7.36. The second-order valence-electron chi connectivity index (χ2n) is 3.15. The fourth-order valence-corrected chi connectivity index (χ4v) is 1.60. The molecule has 0 saturated heterocycles. The number of carbonyl (C=O) groups excluding carboxylic acids is 1. The monoisotopic (exact) mass is 198 g/mol. The molecule has 15 heavy (non-hydrogen) atoms. The van der Waals surface area contributed by atoms with Crippen LogP contribution in [0.2, 0.25) is 0 Å². The summed E-state index contributed by atoms with van der Waals surface area (Å²) in [6.45, 7) is 0. The molecule has 0 saturated carbocycles. The number of hydrogen-bond donors (Lipinski definition) is 0. The highest BCUT2D eigenvalue weighted by Crippen LogP contribution is 2.21. The van der Waals surface area contributed by atoms with Crippen LogP contribution >= 0.6 is 0 Å². The molecule has 0 bridgehead atoms. The van der Waals surface area contributed by atoms with Crippen LogP contribution in [-0.2, 0) is 0 Å². The third-order valence-corrected chi connectivity index (χ3v) is 2.26. The van der Waals surface area contributed by atoms with E-state index < -0.39 is 0 Å². The average molecular weight is 198 g/mol. The van der Waals surface area contributed by atoms with Gasteiger partial charge < -0.3 is 4.42 Å². The van der Waals surface area contributed by atoms with Crippen molar-refractivity contribution in [2.75, 3.05) is 0 Å². The maximum absolute atomic E-state index is 11.5. The van der Waals surface area contributed by atoms with Crippen molar-refractivity contribution in [1.82, 2.24) is 4.98 Å². The first kappa shape index (κ1) is 8.11. The zero-order chi connectivity index (χ0) is 10.3. The number of oxazole rings is 1. The van der Waals surface area contributed by atoms with E-state index >= 15 is 0 Å². The Bertz CT molecular complexity index is 556. The highest BCUT2D eigenvalue weighted by atomic mass is 16.3. The van der Waals surface area contributed by atoms with Gasteiger partial charge in [0.05, 0.1) is 11.8 Å². The van der Waals surface area contributed by atoms with Crippen LogP contribution in [0.4, 0.5) is 0 Å². The van der Waals surface area contributed by atoms with Crippen LogP contribution in [0.1, 0.15) is 21.8 Å². The van der Waals surface area contributed by atoms with Gasteiger partial charge in [-0.05, 0) is 6.07 Å². The summed E-state index contributed by atoms with van der Waals surface area (Å²) in [6, 6.07) is 7.25. The molecule has 0 spiro atoms. The van der Waals surface area contributed by atoms with Gasteiger partial charge in [-0.1, -0.05) is 18.2 Å². The molecule has 1 aliphatic heterocycles. The lowest BCUT2D eigenvalue weighted by atomic mass is 10.1. The normalized spacial score (nSPS) is 13.9. The van der Waals surface area contributed by atoms with Gasteiger partial charge in [0.2, 0.25) is 5.89 Å². The number of aliphatic imine (C=N–C) groups is 1. The molecular weight excluding hydrogens is 192 g/mol. The molecule has 1 amide bonds. The second-order valence-corrected chi connectivity index (χ2v) is 3.15. The number of rotatable bonds is 1. The number of hydrogen-bond acceptors (Lipinski definition) is 3. The summed E-state index contributed by atoms with van der Waals surface area (Å²) in [5.41, 5.74) is 1.90. The summed E-state index contributed by atoms with van der Waals surface area (Å²) >= 11 is 0. The summed E-state index contributed by atoms with van der Waals surface area (Å²) in [5.74, 6) is 0.145. The van der Waals surface area contributed by atoms with Crippen LogP contribution in [0, 0.1) is 0 Å². The fraction of sp³-hybridized carbons (Fsp3) is 0. The Morgan fingerprint density at radius 3 is 2.67 bits per heavy atom. The molecule has 0 aliphatic carbocycles. The first-order valence-electron chi connectivity index (χ1n) is 4.48. The Morgan fingerprint density at radius 1 is 1.13 bits per heavy atom. The molecule has 4 nitrogen and oxygen atoms in total. The number of amides is 1. The van der Waals surface area contributed by atoms with Crippen molar-refractivity contribution in [1.29, 1.82) is 0 Å². The summed E-state index contributed by atoms with van der Waals surface area (Å²) in [7, 11) is 0. The Labute approximate surface area is 85.3 Å². The molecule has 4 heteroatoms. The first-order valence-corrected chi connectivity index (χ1v) is 4.48. The standard InChI is InChI=1S/C11H6N2O2/c14-10-8-4-2-1-3-7(8)9(13-10)11-12-5-6-15-11/h1-6H. The van der Waals surface area contributed by atoms with Crippen molar-refractivity contribution in [3.8, 4) is 0 Å². The number of benzene rings is 1. The van der Waals surface area contributed by atoms with Crippen LogP contribution in [0.25, 0.3) is 0 Å². The zero-order valence-corrected chi connectivity index (χ0v) is 7.68. The van der Waals surface area contributed by atoms with E-state index in [-0.39, 0.29) is 5.91 Å². The molecule has 72 valence electrons. The SMILES string of the molecule is O=C1N=C(c2ncco2)c2ccccc21. The smallest absolute Gasteiger partial charge is 0.278 e. The van der Waals surface area contributed by atoms with Crippen molar-refractivity contribution >= 4 is 11.6 Å². The summed E-state index contributed by atoms with van der Waals surface area (Å²) in [5, 5.41) is 0. The highest BCUT2D eigenvalue weighted by molar-refractivity contribution is 6.25. The van der Waals surface area contributed by atoms with Gasteiger partial charge in [-0.15, -0.1) is 0 Å². The predicted molar refractivity (Wildman–Crippen MR) is 52.9 cm³/mol. The van der Waals surface area contributed by atoms with Gasteiger partial charge in [0.15, 0.2) is 0 Å². The van der Waals surface area contributed by atoms with Gasteiger partial charge in [0.25, 0.3) is 5.91 Å². The van der Waals surface area contributed by atoms with Crippen LogP contribution in [0.15, 0.2) is 46.1 Å². The molecule has 3 rings (SSSR count). The Morgan fingerprint density at radius 2 is 1.93 bits per heavy atom. The van der Waals surface area contributed by atoms with E-state index in [4.69, 9.17) is 4.42 Å². The lowest BCUT2D eigenvalue weighted by molar-refractivity contribution is 0.101. The van der Waals surface area contributed by atoms with Crippen molar-refractivity contribution < 1.29 is 9.21 Å². The van der Waals surface area contributed by atoms with Gasteiger partial charge in [-0.25, -0.2) is 9.98 Å². The minimum Gasteiger partial charge on any atom is -0.443 e. The predicted octanol–water partition coefficient (Wildman–Crippen LogP) is 1.67. The Hall–Kier alpha value is -2.23. The molecular formula is C11H6N2O2. The van der Waals surface area contributed by atoms with Gasteiger partial charge in [0.1, 0.15) is 12.0 Å². The molecule has 1 aliphatic rings. The molecule has 0 atom stereocenters. The molecule has 2 aromatic rings. The van der Waals surface area contributed by atoms with Crippen molar-refractivity contribution in [2.24, 2.45) is 4.99 Å². The molecule has 1 aromatic carbocycles. The van der Waals surface area contributed by atoms with Gasteiger partial charge >= 0.3 is 0 Å². The van der Waals surface area contributed by atoms with E-state index in [1.807, 2.05) is 18.2 Å².